The zero-order valence-electron chi connectivity index (χ0n) is 16.6. The van der Waals surface area contributed by atoms with Crippen molar-refractivity contribution >= 4 is 11.1 Å². The Labute approximate surface area is 164 Å². The van der Waals surface area contributed by atoms with Crippen molar-refractivity contribution in [3.8, 4) is 11.3 Å². The standard InChI is InChI=1S/C22H28N2O4/c1-3-5-6-7-16-8-10-17(11-9-16)20-12-18-13-24(15-27-19(4-2)14-25)22(26)23-21(18)28-20/h8-13,19,25H,3-7,14-15H2,1-2H3/t19-/m0/s1. The number of hydrogen-bond acceptors (Lipinski definition) is 5. The van der Waals surface area contributed by atoms with Crippen molar-refractivity contribution < 1.29 is 14.3 Å². The highest BCUT2D eigenvalue weighted by atomic mass is 16.5. The molecule has 3 rings (SSSR count). The Morgan fingerprint density at radius 2 is 2.00 bits per heavy atom. The molecule has 0 aliphatic heterocycles. The third-order valence-electron chi connectivity index (χ3n) is 4.89. The van der Waals surface area contributed by atoms with Crippen LogP contribution in [0.15, 0.2) is 45.7 Å². The van der Waals surface area contributed by atoms with Gasteiger partial charge in [-0.05, 0) is 30.9 Å². The van der Waals surface area contributed by atoms with Gasteiger partial charge >= 0.3 is 5.69 Å². The number of aromatic nitrogens is 2. The summed E-state index contributed by atoms with van der Waals surface area (Å²) in [7, 11) is 0. The van der Waals surface area contributed by atoms with Crippen molar-refractivity contribution in [2.45, 2.75) is 58.8 Å². The molecule has 0 bridgehead atoms. The Morgan fingerprint density at radius 3 is 2.68 bits per heavy atom. The number of hydrogen-bond donors (Lipinski definition) is 1. The molecule has 0 unspecified atom stereocenters. The van der Waals surface area contributed by atoms with Crippen LogP contribution in [0.1, 0.15) is 45.1 Å². The van der Waals surface area contributed by atoms with E-state index in [0.29, 0.717) is 17.9 Å². The molecule has 150 valence electrons. The fourth-order valence-corrected chi connectivity index (χ4v) is 3.08. The monoisotopic (exact) mass is 384 g/mol. The number of furan rings is 1. The summed E-state index contributed by atoms with van der Waals surface area (Å²) in [6, 6.07) is 10.2. The molecule has 0 radical (unpaired) electrons. The molecule has 0 aliphatic carbocycles. The Bertz CT molecular complexity index is 939. The molecule has 0 amide bonds. The highest BCUT2D eigenvalue weighted by Crippen LogP contribution is 2.26. The largest absolute Gasteiger partial charge is 0.437 e. The summed E-state index contributed by atoms with van der Waals surface area (Å²) in [5, 5.41) is 9.95. The highest BCUT2D eigenvalue weighted by Gasteiger charge is 2.11. The average molecular weight is 384 g/mol. The summed E-state index contributed by atoms with van der Waals surface area (Å²) in [6.07, 6.45) is 6.81. The maximum Gasteiger partial charge on any atom is 0.352 e. The molecule has 1 atom stereocenters. The van der Waals surface area contributed by atoms with Gasteiger partial charge in [-0.3, -0.25) is 4.57 Å². The van der Waals surface area contributed by atoms with E-state index in [4.69, 9.17) is 9.15 Å². The second kappa shape index (κ2) is 9.66. The molecule has 2 aromatic heterocycles. The van der Waals surface area contributed by atoms with Gasteiger partial charge in [-0.2, -0.15) is 4.98 Å². The van der Waals surface area contributed by atoms with E-state index in [0.717, 1.165) is 17.4 Å². The molecule has 0 spiro atoms. The number of ether oxygens (including phenoxy) is 1. The minimum Gasteiger partial charge on any atom is -0.437 e. The van der Waals surface area contributed by atoms with E-state index in [2.05, 4.69) is 24.0 Å². The van der Waals surface area contributed by atoms with Crippen LogP contribution in [0.5, 0.6) is 0 Å². The van der Waals surface area contributed by atoms with Gasteiger partial charge in [-0.25, -0.2) is 4.79 Å². The van der Waals surface area contributed by atoms with E-state index in [1.54, 1.807) is 6.20 Å². The van der Waals surface area contributed by atoms with Crippen LogP contribution < -0.4 is 5.69 Å². The fourth-order valence-electron chi connectivity index (χ4n) is 3.08. The van der Waals surface area contributed by atoms with Gasteiger partial charge in [0.25, 0.3) is 0 Å². The minimum atomic E-state index is -0.438. The van der Waals surface area contributed by atoms with Gasteiger partial charge in [-0.15, -0.1) is 0 Å². The first-order valence-corrected chi connectivity index (χ1v) is 9.97. The minimum absolute atomic E-state index is 0.0494. The van der Waals surface area contributed by atoms with Crippen molar-refractivity contribution in [1.82, 2.24) is 9.55 Å². The van der Waals surface area contributed by atoms with Crippen molar-refractivity contribution in [2.24, 2.45) is 0 Å². The van der Waals surface area contributed by atoms with Crippen LogP contribution in [0.2, 0.25) is 0 Å². The summed E-state index contributed by atoms with van der Waals surface area (Å²) in [6.45, 7) is 4.10. The molecule has 1 N–H and O–H groups in total. The summed E-state index contributed by atoms with van der Waals surface area (Å²) in [5.41, 5.74) is 2.15. The zero-order chi connectivity index (χ0) is 19.9. The number of rotatable bonds is 10. The fraction of sp³-hybridized carbons (Fsp3) is 0.455. The highest BCUT2D eigenvalue weighted by molar-refractivity contribution is 5.79. The smallest absolute Gasteiger partial charge is 0.352 e. The number of nitrogens with zero attached hydrogens (tertiary/aromatic N) is 2. The van der Waals surface area contributed by atoms with E-state index < -0.39 is 5.69 Å². The normalized spacial score (nSPS) is 12.5. The van der Waals surface area contributed by atoms with Crippen molar-refractivity contribution in [1.29, 1.82) is 0 Å². The second-order valence-corrected chi connectivity index (χ2v) is 7.03. The second-order valence-electron chi connectivity index (χ2n) is 7.03. The first-order chi connectivity index (χ1) is 13.6. The maximum absolute atomic E-state index is 12.2. The summed E-state index contributed by atoms with van der Waals surface area (Å²) in [5.74, 6) is 0.683. The predicted octanol–water partition coefficient (Wildman–Crippen LogP) is 4.13. The Hall–Kier alpha value is -2.44. The van der Waals surface area contributed by atoms with Crippen LogP contribution in [0, 0.1) is 0 Å². The molecule has 28 heavy (non-hydrogen) atoms. The number of aliphatic hydroxyl groups is 1. The molecule has 3 aromatic rings. The van der Waals surface area contributed by atoms with Gasteiger partial charge in [0.15, 0.2) is 0 Å². The quantitative estimate of drug-likeness (QED) is 0.532. The van der Waals surface area contributed by atoms with Gasteiger partial charge in [0, 0.05) is 11.8 Å². The number of fused-ring (bicyclic) bond motifs is 1. The number of aryl methyl sites for hydroxylation is 1. The van der Waals surface area contributed by atoms with Crippen LogP contribution in [-0.2, 0) is 17.9 Å². The van der Waals surface area contributed by atoms with E-state index in [1.807, 2.05) is 25.1 Å². The molecular formula is C22H28N2O4. The van der Waals surface area contributed by atoms with Gasteiger partial charge in [0.05, 0.1) is 18.1 Å². The number of unbranched alkanes of at least 4 members (excludes halogenated alkanes) is 2. The van der Waals surface area contributed by atoms with Crippen LogP contribution in [0.25, 0.3) is 22.4 Å². The number of benzene rings is 1. The molecule has 2 heterocycles. The van der Waals surface area contributed by atoms with Crippen LogP contribution in [0.4, 0.5) is 0 Å². The summed E-state index contributed by atoms with van der Waals surface area (Å²) >= 11 is 0. The molecule has 6 heteroatoms. The Morgan fingerprint density at radius 1 is 1.21 bits per heavy atom. The van der Waals surface area contributed by atoms with Crippen LogP contribution in [-0.4, -0.2) is 27.4 Å². The van der Waals surface area contributed by atoms with Gasteiger partial charge in [-0.1, -0.05) is 51.0 Å². The van der Waals surface area contributed by atoms with Gasteiger partial charge in [0.2, 0.25) is 5.71 Å². The molecule has 0 aliphatic rings. The number of aliphatic hydroxyl groups excluding tert-OH is 1. The van der Waals surface area contributed by atoms with Crippen LogP contribution >= 0.6 is 0 Å². The first-order valence-electron chi connectivity index (χ1n) is 9.97. The molecule has 0 saturated carbocycles. The molecular weight excluding hydrogens is 356 g/mol. The lowest BCUT2D eigenvalue weighted by molar-refractivity contribution is -0.0266. The summed E-state index contributed by atoms with van der Waals surface area (Å²) < 4.78 is 12.7. The molecule has 6 nitrogen and oxygen atoms in total. The lowest BCUT2D eigenvalue weighted by atomic mass is 10.0. The Balaban J connectivity index is 1.77. The Kier molecular flexibility index (Phi) is 7.01. The summed E-state index contributed by atoms with van der Waals surface area (Å²) in [4.78, 5) is 16.2. The third kappa shape index (κ3) is 4.88. The zero-order valence-corrected chi connectivity index (χ0v) is 16.6. The predicted molar refractivity (Wildman–Crippen MR) is 109 cm³/mol. The van der Waals surface area contributed by atoms with Crippen molar-refractivity contribution in [2.75, 3.05) is 6.61 Å². The molecule has 1 aromatic carbocycles. The van der Waals surface area contributed by atoms with Crippen molar-refractivity contribution in [3.63, 3.8) is 0 Å². The van der Waals surface area contributed by atoms with E-state index in [1.165, 1.54) is 29.4 Å². The van der Waals surface area contributed by atoms with E-state index in [9.17, 15) is 9.90 Å². The van der Waals surface area contributed by atoms with E-state index >= 15 is 0 Å². The first kappa shape index (κ1) is 20.3. The lowest BCUT2D eigenvalue weighted by Gasteiger charge is -2.13. The topological polar surface area (TPSA) is 77.5 Å². The van der Waals surface area contributed by atoms with Crippen molar-refractivity contribution in [3.05, 3.63) is 52.6 Å². The third-order valence-corrected chi connectivity index (χ3v) is 4.89. The molecule has 0 saturated heterocycles. The van der Waals surface area contributed by atoms with Gasteiger partial charge in [0.1, 0.15) is 12.5 Å². The van der Waals surface area contributed by atoms with Gasteiger partial charge < -0.3 is 14.3 Å². The van der Waals surface area contributed by atoms with E-state index in [-0.39, 0.29) is 19.4 Å². The average Bonchev–Trinajstić information content (AvgIpc) is 3.12. The molecule has 0 fully saturated rings. The lowest BCUT2D eigenvalue weighted by Crippen LogP contribution is -2.26. The van der Waals surface area contributed by atoms with Crippen LogP contribution in [0.3, 0.4) is 0 Å². The maximum atomic E-state index is 12.2. The SMILES string of the molecule is CCCCCc1ccc(-c2cc3cn(CO[C@@H](CC)CO)c(=O)nc3o2)cc1.